The minimum atomic E-state index is -1.01. The number of amides is 2. The lowest BCUT2D eigenvalue weighted by Crippen LogP contribution is -2.70. The lowest BCUT2D eigenvalue weighted by atomic mass is 9.96. The number of hydrogen-bond donors (Lipinski definition) is 4. The molecule has 0 spiro atoms. The summed E-state index contributed by atoms with van der Waals surface area (Å²) in [7, 11) is 0. The molecule has 3 aromatic rings. The summed E-state index contributed by atoms with van der Waals surface area (Å²) in [4.78, 5) is 37.2. The topological polar surface area (TPSA) is 111 Å². The molecule has 8 nitrogen and oxygen atoms in total. The summed E-state index contributed by atoms with van der Waals surface area (Å²) in [6.45, 7) is 7.47. The molecule has 2 aliphatic heterocycles. The minimum Gasteiger partial charge on any atom is -0.480 e. The number of carboxylic acids is 1. The van der Waals surface area contributed by atoms with E-state index in [2.05, 4.69) is 64.5 Å². The van der Waals surface area contributed by atoms with Gasteiger partial charge in [-0.1, -0.05) is 91.0 Å². The number of carbonyl (C=O) groups excluding carboxylic acids is 2. The van der Waals surface area contributed by atoms with Crippen LogP contribution in [0.5, 0.6) is 0 Å². The Hall–Kier alpha value is -3.66. The highest BCUT2D eigenvalue weighted by atomic mass is 32.2. The molecule has 0 radical (unpaired) electrons. The van der Waals surface area contributed by atoms with Gasteiger partial charge in [0.2, 0.25) is 11.8 Å². The number of thioether (sulfide) groups is 1. The molecule has 41 heavy (non-hydrogen) atoms. The Morgan fingerprint density at radius 1 is 0.805 bits per heavy atom. The Balaban J connectivity index is 0.000000195. The predicted molar refractivity (Wildman–Crippen MR) is 162 cm³/mol. The van der Waals surface area contributed by atoms with Gasteiger partial charge in [0.15, 0.2) is 0 Å². The number of benzene rings is 3. The summed E-state index contributed by atoms with van der Waals surface area (Å²) in [5.41, 5.74) is 3.54. The van der Waals surface area contributed by atoms with Crippen LogP contribution in [0.4, 0.5) is 0 Å². The van der Waals surface area contributed by atoms with E-state index >= 15 is 0 Å². The molecule has 2 aliphatic rings. The maximum atomic E-state index is 12.3. The first kappa shape index (κ1) is 30.3. The van der Waals surface area contributed by atoms with E-state index in [0.29, 0.717) is 0 Å². The first-order valence-corrected chi connectivity index (χ1v) is 14.7. The fraction of sp³-hybridized carbons (Fsp3) is 0.344. The molecule has 5 rings (SSSR count). The van der Waals surface area contributed by atoms with Crippen LogP contribution in [0.25, 0.3) is 0 Å². The van der Waals surface area contributed by atoms with Crippen molar-refractivity contribution in [2.24, 2.45) is 0 Å². The highest BCUT2D eigenvalue weighted by Gasteiger charge is 2.64. The summed E-state index contributed by atoms with van der Waals surface area (Å²) >= 11 is 1.42. The number of aliphatic carboxylic acids is 1. The Bertz CT molecular complexity index is 1250. The number of hydrogen-bond acceptors (Lipinski definition) is 6. The van der Waals surface area contributed by atoms with Gasteiger partial charge in [0.1, 0.15) is 17.5 Å². The predicted octanol–water partition coefficient (Wildman–Crippen LogP) is 3.43. The summed E-state index contributed by atoms with van der Waals surface area (Å²) in [5.74, 6) is -1.55. The van der Waals surface area contributed by atoms with Crippen LogP contribution in [0.1, 0.15) is 30.5 Å². The van der Waals surface area contributed by atoms with E-state index in [9.17, 15) is 19.5 Å². The number of nitrogens with zero attached hydrogens (tertiary/aromatic N) is 1. The lowest BCUT2D eigenvalue weighted by molar-refractivity contribution is -0.161. The van der Waals surface area contributed by atoms with Gasteiger partial charge in [-0.15, -0.1) is 11.8 Å². The van der Waals surface area contributed by atoms with Crippen molar-refractivity contribution in [2.45, 2.75) is 55.6 Å². The van der Waals surface area contributed by atoms with Gasteiger partial charge in [0.25, 0.3) is 0 Å². The molecule has 4 N–H and O–H groups in total. The van der Waals surface area contributed by atoms with E-state index in [0.717, 1.165) is 31.7 Å². The molecule has 2 amide bonds. The van der Waals surface area contributed by atoms with Gasteiger partial charge < -0.3 is 26.0 Å². The highest BCUT2D eigenvalue weighted by molar-refractivity contribution is 8.01. The third kappa shape index (κ3) is 8.19. The second-order valence-electron chi connectivity index (χ2n) is 10.6. The van der Waals surface area contributed by atoms with Crippen molar-refractivity contribution in [1.82, 2.24) is 20.9 Å². The Kier molecular flexibility index (Phi) is 10.6. The largest absolute Gasteiger partial charge is 0.480 e. The van der Waals surface area contributed by atoms with Crippen molar-refractivity contribution >= 4 is 29.5 Å². The average Bonchev–Trinajstić information content (AvgIpc) is 3.23. The average molecular weight is 575 g/mol. The van der Waals surface area contributed by atoms with Crippen LogP contribution >= 0.6 is 11.8 Å². The Labute approximate surface area is 245 Å². The van der Waals surface area contributed by atoms with Crippen LogP contribution in [-0.2, 0) is 33.9 Å². The van der Waals surface area contributed by atoms with Crippen molar-refractivity contribution in [1.29, 1.82) is 0 Å². The SMILES string of the molecule is CC1(C)S[C@@H]2[C@H](NC(=O)Cc3ccccc3)C(=O)N2[C@H]1C(=O)O.c1ccc(CNCCNCc2ccccc2)cc1. The number of β-lactam (4-membered cyclic amide) rings is 1. The van der Waals surface area contributed by atoms with Gasteiger partial charge in [-0.3, -0.25) is 9.59 Å². The third-order valence-corrected chi connectivity index (χ3v) is 8.59. The monoisotopic (exact) mass is 574 g/mol. The fourth-order valence-electron chi connectivity index (χ4n) is 4.99. The summed E-state index contributed by atoms with van der Waals surface area (Å²) in [6.07, 6.45) is 0.202. The highest BCUT2D eigenvalue weighted by Crippen LogP contribution is 2.50. The number of fused-ring (bicyclic) bond motifs is 1. The van der Waals surface area contributed by atoms with Gasteiger partial charge in [-0.2, -0.15) is 0 Å². The van der Waals surface area contributed by atoms with Crippen LogP contribution < -0.4 is 16.0 Å². The van der Waals surface area contributed by atoms with E-state index < -0.39 is 22.8 Å². The molecule has 0 unspecified atom stereocenters. The number of rotatable bonds is 11. The second-order valence-corrected chi connectivity index (χ2v) is 12.4. The third-order valence-electron chi connectivity index (χ3n) is 7.02. The Morgan fingerprint density at radius 3 is 1.73 bits per heavy atom. The van der Waals surface area contributed by atoms with Gasteiger partial charge in [-0.05, 0) is 30.5 Å². The molecule has 0 bridgehead atoms. The summed E-state index contributed by atoms with van der Waals surface area (Å²) in [5, 5.41) is 18.6. The molecule has 2 saturated heterocycles. The Morgan fingerprint density at radius 2 is 1.27 bits per heavy atom. The smallest absolute Gasteiger partial charge is 0.327 e. The number of nitrogens with one attached hydrogen (secondary N) is 3. The molecule has 216 valence electrons. The van der Waals surface area contributed by atoms with E-state index in [1.165, 1.54) is 27.8 Å². The van der Waals surface area contributed by atoms with Crippen molar-refractivity contribution in [3.05, 3.63) is 108 Å². The van der Waals surface area contributed by atoms with E-state index in [4.69, 9.17) is 0 Å². The molecule has 2 fully saturated rings. The van der Waals surface area contributed by atoms with E-state index in [1.807, 2.05) is 56.3 Å². The van der Waals surface area contributed by atoms with Crippen LogP contribution in [0, 0.1) is 0 Å². The van der Waals surface area contributed by atoms with Crippen LogP contribution in [-0.4, -0.2) is 63.1 Å². The molecule has 0 saturated carbocycles. The number of carbonyl (C=O) groups is 3. The molecule has 3 atom stereocenters. The van der Waals surface area contributed by atoms with Gasteiger partial charge in [0, 0.05) is 30.9 Å². The van der Waals surface area contributed by atoms with Gasteiger partial charge in [-0.25, -0.2) is 4.79 Å². The second kappa shape index (κ2) is 14.3. The van der Waals surface area contributed by atoms with E-state index in [-0.39, 0.29) is 23.6 Å². The first-order valence-electron chi connectivity index (χ1n) is 13.8. The molecule has 2 heterocycles. The van der Waals surface area contributed by atoms with Crippen LogP contribution in [0.2, 0.25) is 0 Å². The van der Waals surface area contributed by atoms with Crippen LogP contribution in [0.3, 0.4) is 0 Å². The molecular formula is C32H38N4O4S. The van der Waals surface area contributed by atoms with Crippen molar-refractivity contribution in [2.75, 3.05) is 13.1 Å². The zero-order valence-corrected chi connectivity index (χ0v) is 24.3. The molecule has 9 heteroatoms. The molecule has 0 aliphatic carbocycles. The minimum absolute atomic E-state index is 0.202. The zero-order valence-electron chi connectivity index (χ0n) is 23.5. The molecular weight excluding hydrogens is 536 g/mol. The summed E-state index contributed by atoms with van der Waals surface area (Å²) in [6, 6.07) is 28.7. The zero-order chi connectivity index (χ0) is 29.2. The molecule has 0 aromatic heterocycles. The van der Waals surface area contributed by atoms with E-state index in [1.54, 1.807) is 0 Å². The van der Waals surface area contributed by atoms with Crippen molar-refractivity contribution in [3.8, 4) is 0 Å². The van der Waals surface area contributed by atoms with Crippen molar-refractivity contribution < 1.29 is 19.5 Å². The summed E-state index contributed by atoms with van der Waals surface area (Å²) < 4.78 is -0.578. The first-order chi connectivity index (χ1) is 19.8. The van der Waals surface area contributed by atoms with Crippen molar-refractivity contribution in [3.63, 3.8) is 0 Å². The number of carboxylic acid groups (broad SMARTS) is 1. The van der Waals surface area contributed by atoms with Gasteiger partial charge >= 0.3 is 5.97 Å². The standard InChI is InChI=1S/C16H18N2O4S.C16H20N2/c1-16(2)12(15(21)22)18-13(20)11(14(18)23-16)17-10(19)8-9-6-4-3-5-7-9;1-3-7-15(8-4-1)13-17-11-12-18-14-16-9-5-2-6-10-16/h3-7,11-12,14H,8H2,1-2H3,(H,17,19)(H,21,22);1-10,17-18H,11-14H2/t11-,12+,14-;/m1./s1. The quantitative estimate of drug-likeness (QED) is 0.205. The lowest BCUT2D eigenvalue weighted by Gasteiger charge is -2.43. The molecule has 3 aromatic carbocycles. The maximum absolute atomic E-state index is 12.3. The maximum Gasteiger partial charge on any atom is 0.327 e. The normalized spacial score (nSPS) is 20.3. The van der Waals surface area contributed by atoms with Gasteiger partial charge in [0.05, 0.1) is 6.42 Å². The fourth-order valence-corrected chi connectivity index (χ4v) is 6.61. The van der Waals surface area contributed by atoms with Crippen LogP contribution in [0.15, 0.2) is 91.0 Å².